The maximum atomic E-state index is 12.9. The molecule has 1 aromatic rings. The van der Waals surface area contributed by atoms with E-state index in [2.05, 4.69) is 17.2 Å². The number of carbonyl (C=O) groups is 1. The van der Waals surface area contributed by atoms with Crippen LogP contribution in [0.15, 0.2) is 12.1 Å². The lowest BCUT2D eigenvalue weighted by Gasteiger charge is -2.37. The molecule has 1 amide bonds. The molecule has 0 radical (unpaired) electrons. The molecule has 1 fully saturated rings. The van der Waals surface area contributed by atoms with Gasteiger partial charge >= 0.3 is 0 Å². The van der Waals surface area contributed by atoms with Gasteiger partial charge in [0.1, 0.15) is 5.60 Å². The van der Waals surface area contributed by atoms with Gasteiger partial charge in [0.15, 0.2) is 0 Å². The molecule has 0 spiro atoms. The average Bonchev–Trinajstić information content (AvgIpc) is 2.53. The van der Waals surface area contributed by atoms with Gasteiger partial charge in [0.25, 0.3) is 5.91 Å². The van der Waals surface area contributed by atoms with E-state index in [1.807, 2.05) is 26.8 Å². The third-order valence-electron chi connectivity index (χ3n) is 4.52. The number of anilines is 1. The highest BCUT2D eigenvalue weighted by molar-refractivity contribution is 5.97. The first-order valence-corrected chi connectivity index (χ1v) is 8.56. The van der Waals surface area contributed by atoms with Crippen molar-refractivity contribution in [2.45, 2.75) is 59.0 Å². The minimum Gasteiger partial charge on any atom is -0.478 e. The number of nitrogens with zero attached hydrogens (tertiary/aromatic N) is 1. The number of amides is 1. The lowest BCUT2D eigenvalue weighted by Crippen LogP contribution is -2.48. The second kappa shape index (κ2) is 7.77. The lowest BCUT2D eigenvalue weighted by molar-refractivity contribution is -0.146. The highest BCUT2D eigenvalue weighted by Crippen LogP contribution is 2.36. The van der Waals surface area contributed by atoms with Gasteiger partial charge in [0.05, 0.1) is 18.0 Å². The summed E-state index contributed by atoms with van der Waals surface area (Å²) in [5.41, 5.74) is 0.767. The first kappa shape index (κ1) is 17.7. The number of rotatable bonds is 6. The normalized spacial score (nSPS) is 24.3. The number of nitrogens with one attached hydrogen (secondary N) is 1. The van der Waals surface area contributed by atoms with Crippen molar-refractivity contribution in [1.82, 2.24) is 4.98 Å². The molecular formula is C18H28N2O3. The summed E-state index contributed by atoms with van der Waals surface area (Å²) >= 11 is 0. The van der Waals surface area contributed by atoms with Crippen LogP contribution in [0, 0.1) is 12.8 Å². The van der Waals surface area contributed by atoms with E-state index < -0.39 is 5.60 Å². The molecule has 1 heterocycles. The van der Waals surface area contributed by atoms with Crippen LogP contribution in [0.3, 0.4) is 0 Å². The topological polar surface area (TPSA) is 60.5 Å². The summed E-state index contributed by atoms with van der Waals surface area (Å²) in [7, 11) is 0. The van der Waals surface area contributed by atoms with E-state index in [9.17, 15) is 4.79 Å². The number of hydrogen-bond acceptors (Lipinski definition) is 4. The van der Waals surface area contributed by atoms with Gasteiger partial charge in [-0.2, -0.15) is 0 Å². The maximum Gasteiger partial charge on any atom is 0.256 e. The third kappa shape index (κ3) is 4.22. The summed E-state index contributed by atoms with van der Waals surface area (Å²) in [4.78, 5) is 17.2. The first-order chi connectivity index (χ1) is 11.0. The number of hydrogen-bond donors (Lipinski definition) is 1. The SMILES string of the molecule is CCOc1ccc(NC(=O)C2(OCC)CCC(C)CC2)c(C)n1. The van der Waals surface area contributed by atoms with E-state index in [1.54, 1.807) is 6.07 Å². The zero-order chi connectivity index (χ0) is 16.9. The van der Waals surface area contributed by atoms with Crippen LogP contribution in [0.25, 0.3) is 0 Å². The average molecular weight is 320 g/mol. The van der Waals surface area contributed by atoms with E-state index in [4.69, 9.17) is 9.47 Å². The van der Waals surface area contributed by atoms with Crippen LogP contribution in [0.2, 0.25) is 0 Å². The molecular weight excluding hydrogens is 292 g/mol. The van der Waals surface area contributed by atoms with Gasteiger partial charge in [0.2, 0.25) is 5.88 Å². The Hall–Kier alpha value is -1.62. The van der Waals surface area contributed by atoms with E-state index in [1.165, 1.54) is 0 Å². The fourth-order valence-corrected chi connectivity index (χ4v) is 3.08. The second-order valence-electron chi connectivity index (χ2n) is 6.28. The largest absolute Gasteiger partial charge is 0.478 e. The van der Waals surface area contributed by atoms with Crippen molar-refractivity contribution in [1.29, 1.82) is 0 Å². The number of pyridine rings is 1. The fraction of sp³-hybridized carbons (Fsp3) is 0.667. The predicted molar refractivity (Wildman–Crippen MR) is 90.8 cm³/mol. The van der Waals surface area contributed by atoms with Crippen molar-refractivity contribution in [3.63, 3.8) is 0 Å². The Kier molecular flexibility index (Phi) is 5.99. The van der Waals surface area contributed by atoms with E-state index >= 15 is 0 Å². The Morgan fingerprint density at radius 2 is 2.00 bits per heavy atom. The highest BCUT2D eigenvalue weighted by Gasteiger charge is 2.42. The molecule has 0 atom stereocenters. The van der Waals surface area contributed by atoms with Crippen molar-refractivity contribution in [3.8, 4) is 5.88 Å². The minimum atomic E-state index is -0.702. The summed E-state index contributed by atoms with van der Waals surface area (Å²) in [6, 6.07) is 3.62. The molecule has 1 saturated carbocycles. The Morgan fingerprint density at radius 3 is 2.57 bits per heavy atom. The van der Waals surface area contributed by atoms with Gasteiger partial charge in [-0.05, 0) is 58.4 Å². The summed E-state index contributed by atoms with van der Waals surface area (Å²) in [5, 5.41) is 3.01. The van der Waals surface area contributed by atoms with Gasteiger partial charge < -0.3 is 14.8 Å². The summed E-state index contributed by atoms with van der Waals surface area (Å²) in [6.07, 6.45) is 3.59. The Bertz CT molecular complexity index is 537. The zero-order valence-electron chi connectivity index (χ0n) is 14.6. The Morgan fingerprint density at radius 1 is 1.30 bits per heavy atom. The van der Waals surface area contributed by atoms with E-state index in [0.29, 0.717) is 25.0 Å². The zero-order valence-corrected chi connectivity index (χ0v) is 14.6. The summed E-state index contributed by atoms with van der Waals surface area (Å²) in [5.74, 6) is 1.18. The molecule has 0 saturated heterocycles. The molecule has 2 rings (SSSR count). The van der Waals surface area contributed by atoms with Crippen LogP contribution < -0.4 is 10.1 Å². The van der Waals surface area contributed by atoms with Gasteiger partial charge in [-0.1, -0.05) is 6.92 Å². The minimum absolute atomic E-state index is 0.0553. The van der Waals surface area contributed by atoms with Crippen molar-refractivity contribution < 1.29 is 14.3 Å². The molecule has 0 unspecified atom stereocenters. The van der Waals surface area contributed by atoms with Crippen LogP contribution in [0.4, 0.5) is 5.69 Å². The van der Waals surface area contributed by atoms with Gasteiger partial charge in [-0.3, -0.25) is 4.79 Å². The van der Waals surface area contributed by atoms with Crippen molar-refractivity contribution >= 4 is 11.6 Å². The molecule has 128 valence electrons. The van der Waals surface area contributed by atoms with Crippen LogP contribution in [0.1, 0.15) is 52.1 Å². The Labute approximate surface area is 138 Å². The first-order valence-electron chi connectivity index (χ1n) is 8.56. The standard InChI is InChI=1S/C18H28N2O3/c1-5-22-16-8-7-15(14(4)19-16)20-17(21)18(23-6-2)11-9-13(3)10-12-18/h7-8,13H,5-6,9-12H2,1-4H3,(H,20,21). The number of carbonyl (C=O) groups excluding carboxylic acids is 1. The van der Waals surface area contributed by atoms with Gasteiger partial charge in [-0.15, -0.1) is 0 Å². The molecule has 5 nitrogen and oxygen atoms in total. The smallest absolute Gasteiger partial charge is 0.256 e. The van der Waals surface area contributed by atoms with E-state index in [-0.39, 0.29) is 5.91 Å². The van der Waals surface area contributed by atoms with Crippen molar-refractivity contribution in [3.05, 3.63) is 17.8 Å². The molecule has 0 bridgehead atoms. The lowest BCUT2D eigenvalue weighted by atomic mass is 9.78. The second-order valence-corrected chi connectivity index (χ2v) is 6.28. The van der Waals surface area contributed by atoms with Crippen LogP contribution in [0.5, 0.6) is 5.88 Å². The maximum absolute atomic E-state index is 12.9. The van der Waals surface area contributed by atoms with Crippen molar-refractivity contribution in [2.24, 2.45) is 5.92 Å². The van der Waals surface area contributed by atoms with Gasteiger partial charge in [0, 0.05) is 12.7 Å². The monoisotopic (exact) mass is 320 g/mol. The molecule has 0 aromatic carbocycles. The van der Waals surface area contributed by atoms with Gasteiger partial charge in [-0.25, -0.2) is 4.98 Å². The Balaban J connectivity index is 2.12. The molecule has 23 heavy (non-hydrogen) atoms. The predicted octanol–water partition coefficient (Wildman–Crippen LogP) is 3.71. The van der Waals surface area contributed by atoms with Crippen LogP contribution in [-0.4, -0.2) is 29.7 Å². The highest BCUT2D eigenvalue weighted by atomic mass is 16.5. The summed E-state index contributed by atoms with van der Waals surface area (Å²) in [6.45, 7) is 9.08. The number of ether oxygens (including phenoxy) is 2. The molecule has 1 aromatic heterocycles. The number of aromatic nitrogens is 1. The third-order valence-corrected chi connectivity index (χ3v) is 4.52. The molecule has 1 aliphatic rings. The summed E-state index contributed by atoms with van der Waals surface area (Å²) < 4.78 is 11.3. The van der Waals surface area contributed by atoms with Crippen LogP contribution >= 0.6 is 0 Å². The number of aryl methyl sites for hydroxylation is 1. The molecule has 0 aliphatic heterocycles. The quantitative estimate of drug-likeness (QED) is 0.868. The van der Waals surface area contributed by atoms with Crippen LogP contribution in [-0.2, 0) is 9.53 Å². The van der Waals surface area contributed by atoms with E-state index in [0.717, 1.165) is 37.1 Å². The fourth-order valence-electron chi connectivity index (χ4n) is 3.08. The molecule has 1 aliphatic carbocycles. The van der Waals surface area contributed by atoms with Crippen molar-refractivity contribution in [2.75, 3.05) is 18.5 Å². The molecule has 5 heteroatoms. The molecule has 1 N–H and O–H groups in total.